The number of nitrogens with zero attached hydrogens (tertiary/aromatic N) is 1. The van der Waals surface area contributed by atoms with Crippen molar-refractivity contribution >= 4 is 52.2 Å². The molecule has 0 aromatic heterocycles. The molecule has 0 fully saturated rings. The number of non-ortho nitro benzene ring substituents is 1. The summed E-state index contributed by atoms with van der Waals surface area (Å²) in [6, 6.07) is 27.5. The van der Waals surface area contributed by atoms with E-state index in [-0.39, 0.29) is 17.5 Å². The Hall–Kier alpha value is -4.14. The number of nitrogens with one attached hydrogen (secondary N) is 2. The molecule has 0 heterocycles. The van der Waals surface area contributed by atoms with Crippen molar-refractivity contribution < 1.29 is 14.5 Å². The van der Waals surface area contributed by atoms with Gasteiger partial charge in [-0.1, -0.05) is 54.1 Å². The minimum atomic E-state index is -0.619. The summed E-state index contributed by atoms with van der Waals surface area (Å²) < 4.78 is 0. The number of halogens is 1. The average molecular weight is 532 g/mol. The second-order valence-electron chi connectivity index (χ2n) is 8.14. The van der Waals surface area contributed by atoms with Gasteiger partial charge in [-0.05, 0) is 60.5 Å². The maximum Gasteiger partial charge on any atom is 0.271 e. The molecular weight excluding hydrogens is 510 g/mol. The Morgan fingerprint density at radius 1 is 0.892 bits per heavy atom. The monoisotopic (exact) mass is 531 g/mol. The maximum atomic E-state index is 13.4. The molecule has 0 saturated carbocycles. The summed E-state index contributed by atoms with van der Waals surface area (Å²) in [5.74, 6) is -0.588. The number of nitro benzene ring substituents is 1. The average Bonchev–Trinajstić information content (AvgIpc) is 2.89. The number of hydrogen-bond donors (Lipinski definition) is 2. The molecule has 7 nitrogen and oxygen atoms in total. The summed E-state index contributed by atoms with van der Waals surface area (Å²) in [7, 11) is 0. The van der Waals surface area contributed by atoms with E-state index >= 15 is 0 Å². The van der Waals surface area contributed by atoms with Crippen molar-refractivity contribution in [3.63, 3.8) is 0 Å². The van der Waals surface area contributed by atoms with Gasteiger partial charge in [0, 0.05) is 33.3 Å². The van der Waals surface area contributed by atoms with E-state index in [1.54, 1.807) is 49.4 Å². The third-order valence-corrected chi connectivity index (χ3v) is 6.98. The van der Waals surface area contributed by atoms with E-state index in [4.69, 9.17) is 11.6 Å². The van der Waals surface area contributed by atoms with Gasteiger partial charge in [-0.15, -0.1) is 11.8 Å². The molecule has 4 aromatic rings. The number of carbonyl (C=O) groups is 2. The Kier molecular flexibility index (Phi) is 8.22. The summed E-state index contributed by atoms with van der Waals surface area (Å²) in [5, 5.41) is 16.7. The van der Waals surface area contributed by atoms with Crippen LogP contribution in [0.3, 0.4) is 0 Å². The fraction of sp³-hybridized carbons (Fsp3) is 0.0714. The van der Waals surface area contributed by atoms with Crippen LogP contribution in [0.2, 0.25) is 5.02 Å². The topological polar surface area (TPSA) is 101 Å². The van der Waals surface area contributed by atoms with Crippen LogP contribution in [0, 0.1) is 17.0 Å². The molecule has 0 bridgehead atoms. The lowest BCUT2D eigenvalue weighted by molar-refractivity contribution is -0.384. The van der Waals surface area contributed by atoms with Crippen molar-refractivity contribution in [2.24, 2.45) is 0 Å². The summed E-state index contributed by atoms with van der Waals surface area (Å²) in [6.45, 7) is 1.78. The lowest BCUT2D eigenvalue weighted by Crippen LogP contribution is -2.19. The summed E-state index contributed by atoms with van der Waals surface area (Å²) in [4.78, 5) is 37.4. The SMILES string of the molecule is Cc1ccc([N+](=O)[O-])cc1NC(=O)C(Sc1ccc(NC(=O)c2cccc(Cl)c2)cc1)c1ccccc1. The number of aryl methyl sites for hydroxylation is 1. The van der Waals surface area contributed by atoms with Crippen LogP contribution in [0.5, 0.6) is 0 Å². The van der Waals surface area contributed by atoms with Gasteiger partial charge >= 0.3 is 0 Å². The van der Waals surface area contributed by atoms with Crippen LogP contribution < -0.4 is 10.6 Å². The largest absolute Gasteiger partial charge is 0.324 e. The van der Waals surface area contributed by atoms with Gasteiger partial charge in [0.15, 0.2) is 0 Å². The van der Waals surface area contributed by atoms with Crippen molar-refractivity contribution in [3.8, 4) is 0 Å². The number of benzene rings is 4. The van der Waals surface area contributed by atoms with E-state index in [0.29, 0.717) is 22.0 Å². The lowest BCUT2D eigenvalue weighted by atomic mass is 10.1. The number of thioether (sulfide) groups is 1. The number of nitro groups is 1. The molecule has 0 aliphatic rings. The van der Waals surface area contributed by atoms with E-state index < -0.39 is 10.2 Å². The number of hydrogen-bond acceptors (Lipinski definition) is 5. The van der Waals surface area contributed by atoms with Crippen LogP contribution in [-0.2, 0) is 4.79 Å². The van der Waals surface area contributed by atoms with E-state index in [9.17, 15) is 19.7 Å². The highest BCUT2D eigenvalue weighted by Crippen LogP contribution is 2.37. The lowest BCUT2D eigenvalue weighted by Gasteiger charge is -2.18. The first-order valence-electron chi connectivity index (χ1n) is 11.2. The van der Waals surface area contributed by atoms with Crippen LogP contribution in [0.4, 0.5) is 17.1 Å². The molecule has 2 N–H and O–H groups in total. The Bertz CT molecular complexity index is 1450. The summed E-state index contributed by atoms with van der Waals surface area (Å²) >= 11 is 7.31. The fourth-order valence-electron chi connectivity index (χ4n) is 3.54. The van der Waals surface area contributed by atoms with Crippen LogP contribution in [0.25, 0.3) is 0 Å². The minimum Gasteiger partial charge on any atom is -0.324 e. The Labute approximate surface area is 223 Å². The van der Waals surface area contributed by atoms with Crippen LogP contribution in [0.1, 0.15) is 26.7 Å². The first kappa shape index (κ1) is 25.9. The van der Waals surface area contributed by atoms with Gasteiger partial charge in [-0.25, -0.2) is 0 Å². The van der Waals surface area contributed by atoms with Crippen molar-refractivity contribution in [1.29, 1.82) is 0 Å². The van der Waals surface area contributed by atoms with Gasteiger partial charge in [0.25, 0.3) is 11.6 Å². The third kappa shape index (κ3) is 6.75. The maximum absolute atomic E-state index is 13.4. The molecule has 1 unspecified atom stereocenters. The highest BCUT2D eigenvalue weighted by Gasteiger charge is 2.23. The molecule has 4 rings (SSSR count). The summed E-state index contributed by atoms with van der Waals surface area (Å²) in [5.41, 5.74) is 2.84. The van der Waals surface area contributed by atoms with Crippen molar-refractivity contribution in [3.05, 3.63) is 129 Å². The molecule has 4 aromatic carbocycles. The van der Waals surface area contributed by atoms with Crippen molar-refractivity contribution in [2.45, 2.75) is 17.1 Å². The summed E-state index contributed by atoms with van der Waals surface area (Å²) in [6.07, 6.45) is 0. The third-order valence-electron chi connectivity index (χ3n) is 5.48. The van der Waals surface area contributed by atoms with Gasteiger partial charge < -0.3 is 10.6 Å². The standard InChI is InChI=1S/C28H22ClN3O4S/c1-18-10-13-23(32(35)36)17-25(18)31-28(34)26(19-6-3-2-4-7-19)37-24-14-11-22(12-15-24)30-27(33)20-8-5-9-21(29)16-20/h2-17,26H,1H3,(H,30,33)(H,31,34). The Balaban J connectivity index is 1.52. The zero-order valence-electron chi connectivity index (χ0n) is 19.7. The molecule has 37 heavy (non-hydrogen) atoms. The molecule has 0 spiro atoms. The molecule has 0 aliphatic heterocycles. The highest BCUT2D eigenvalue weighted by atomic mass is 35.5. The second kappa shape index (κ2) is 11.7. The van der Waals surface area contributed by atoms with Gasteiger partial charge in [0.2, 0.25) is 5.91 Å². The predicted molar refractivity (Wildman–Crippen MR) is 147 cm³/mol. The van der Waals surface area contributed by atoms with Gasteiger partial charge in [-0.2, -0.15) is 0 Å². The van der Waals surface area contributed by atoms with Crippen LogP contribution in [0.15, 0.2) is 102 Å². The molecule has 1 atom stereocenters. The van der Waals surface area contributed by atoms with Crippen LogP contribution >= 0.6 is 23.4 Å². The molecular formula is C28H22ClN3O4S. The van der Waals surface area contributed by atoms with E-state index in [2.05, 4.69) is 10.6 Å². The highest BCUT2D eigenvalue weighted by molar-refractivity contribution is 8.00. The normalized spacial score (nSPS) is 11.4. The first-order valence-corrected chi connectivity index (χ1v) is 12.5. The molecule has 0 aliphatic carbocycles. The van der Waals surface area contributed by atoms with Gasteiger partial charge in [-0.3, -0.25) is 19.7 Å². The van der Waals surface area contributed by atoms with E-state index in [0.717, 1.165) is 16.0 Å². The number of amides is 2. The fourth-order valence-corrected chi connectivity index (χ4v) is 4.76. The van der Waals surface area contributed by atoms with Crippen molar-refractivity contribution in [2.75, 3.05) is 10.6 Å². The van der Waals surface area contributed by atoms with Gasteiger partial charge in [0.05, 0.1) is 10.6 Å². The molecule has 2 amide bonds. The molecule has 0 radical (unpaired) electrons. The predicted octanol–water partition coefficient (Wildman–Crippen LogP) is 7.28. The Morgan fingerprint density at radius 2 is 1.62 bits per heavy atom. The van der Waals surface area contributed by atoms with Gasteiger partial charge in [0.1, 0.15) is 5.25 Å². The zero-order valence-corrected chi connectivity index (χ0v) is 21.3. The van der Waals surface area contributed by atoms with Crippen LogP contribution in [-0.4, -0.2) is 16.7 Å². The smallest absolute Gasteiger partial charge is 0.271 e. The second-order valence-corrected chi connectivity index (χ2v) is 9.76. The molecule has 186 valence electrons. The quantitative estimate of drug-likeness (QED) is 0.141. The first-order chi connectivity index (χ1) is 17.8. The minimum absolute atomic E-state index is 0.0970. The van der Waals surface area contributed by atoms with E-state index in [1.165, 1.54) is 23.9 Å². The Morgan fingerprint density at radius 3 is 2.30 bits per heavy atom. The number of rotatable bonds is 8. The van der Waals surface area contributed by atoms with E-state index in [1.807, 2.05) is 42.5 Å². The van der Waals surface area contributed by atoms with Crippen molar-refractivity contribution in [1.82, 2.24) is 0 Å². The number of carbonyl (C=O) groups excluding carboxylic acids is 2. The number of anilines is 2. The zero-order chi connectivity index (χ0) is 26.4. The molecule has 0 saturated heterocycles. The molecule has 9 heteroatoms.